The number of urea groups is 1. The lowest BCUT2D eigenvalue weighted by molar-refractivity contribution is -0.137. The molecule has 1 aliphatic rings. The van der Waals surface area contributed by atoms with Gasteiger partial charge in [-0.15, -0.1) is 0 Å². The van der Waals surface area contributed by atoms with Crippen LogP contribution in [0.5, 0.6) is 0 Å². The van der Waals surface area contributed by atoms with Gasteiger partial charge in [-0.25, -0.2) is 4.79 Å². The topological polar surface area (TPSA) is 113 Å². The number of nitrogens with one attached hydrogen (secondary N) is 1. The number of amides is 3. The number of nitrogens with zero attached hydrogens (tertiary/aromatic N) is 1. The highest BCUT2D eigenvalue weighted by Crippen LogP contribution is 2.21. The fourth-order valence-electron chi connectivity index (χ4n) is 2.32. The first-order chi connectivity index (χ1) is 9.41. The van der Waals surface area contributed by atoms with Gasteiger partial charge in [-0.1, -0.05) is 0 Å². The van der Waals surface area contributed by atoms with Crippen molar-refractivity contribution in [2.24, 2.45) is 11.7 Å². The molecule has 0 aromatic carbocycles. The van der Waals surface area contributed by atoms with E-state index in [-0.39, 0.29) is 30.3 Å². The molecular weight excluding hydrogens is 262 g/mol. The first-order valence-electron chi connectivity index (χ1n) is 6.97. The maximum Gasteiger partial charge on any atom is 0.317 e. The van der Waals surface area contributed by atoms with Gasteiger partial charge in [-0.05, 0) is 32.6 Å². The molecule has 114 valence electrons. The van der Waals surface area contributed by atoms with Crippen LogP contribution in [0.4, 0.5) is 4.79 Å². The minimum atomic E-state index is -0.828. The Morgan fingerprint density at radius 3 is 2.60 bits per heavy atom. The molecule has 1 fully saturated rings. The number of carboxylic acid groups (broad SMARTS) is 1. The number of primary amides is 1. The van der Waals surface area contributed by atoms with Gasteiger partial charge in [0.2, 0.25) is 5.91 Å². The average Bonchev–Trinajstić information content (AvgIpc) is 2.37. The minimum absolute atomic E-state index is 0.0876. The summed E-state index contributed by atoms with van der Waals surface area (Å²) in [4.78, 5) is 35.2. The van der Waals surface area contributed by atoms with Gasteiger partial charge in [0.1, 0.15) is 0 Å². The molecule has 2 unspecified atom stereocenters. The Bertz CT molecular complexity index is 373. The van der Waals surface area contributed by atoms with Crippen LogP contribution in [-0.2, 0) is 9.59 Å². The second-order valence-corrected chi connectivity index (χ2v) is 5.26. The molecule has 0 radical (unpaired) electrons. The fraction of sp³-hybridized carbons (Fsp3) is 0.769. The Balaban J connectivity index is 2.33. The zero-order chi connectivity index (χ0) is 15.1. The summed E-state index contributed by atoms with van der Waals surface area (Å²) in [6.07, 6.45) is 2.76. The quantitative estimate of drug-likeness (QED) is 0.618. The third-order valence-corrected chi connectivity index (χ3v) is 3.64. The molecule has 7 heteroatoms. The van der Waals surface area contributed by atoms with Gasteiger partial charge >= 0.3 is 12.0 Å². The third kappa shape index (κ3) is 5.07. The van der Waals surface area contributed by atoms with E-state index in [0.29, 0.717) is 25.9 Å². The number of rotatable bonds is 6. The van der Waals surface area contributed by atoms with E-state index in [1.807, 2.05) is 6.92 Å². The van der Waals surface area contributed by atoms with Gasteiger partial charge in [-0.2, -0.15) is 0 Å². The highest BCUT2D eigenvalue weighted by Gasteiger charge is 2.31. The number of carbonyl (C=O) groups is 3. The van der Waals surface area contributed by atoms with Crippen molar-refractivity contribution in [2.45, 2.75) is 45.1 Å². The van der Waals surface area contributed by atoms with E-state index in [2.05, 4.69) is 5.32 Å². The molecule has 1 aliphatic heterocycles. The predicted molar refractivity (Wildman–Crippen MR) is 73.0 cm³/mol. The van der Waals surface area contributed by atoms with E-state index in [1.165, 1.54) is 0 Å². The molecule has 1 rings (SSSR count). The van der Waals surface area contributed by atoms with Crippen molar-refractivity contribution < 1.29 is 19.5 Å². The van der Waals surface area contributed by atoms with Crippen LogP contribution in [0.3, 0.4) is 0 Å². The molecule has 0 aromatic heterocycles. The van der Waals surface area contributed by atoms with Crippen molar-refractivity contribution in [3.63, 3.8) is 0 Å². The van der Waals surface area contributed by atoms with E-state index in [0.717, 1.165) is 12.8 Å². The molecule has 0 bridgehead atoms. The van der Waals surface area contributed by atoms with E-state index in [9.17, 15) is 14.4 Å². The number of hydrogen-bond acceptors (Lipinski definition) is 3. The summed E-state index contributed by atoms with van der Waals surface area (Å²) >= 11 is 0. The zero-order valence-corrected chi connectivity index (χ0v) is 11.8. The number of unbranched alkanes of at least 4 members (excludes halogenated alkanes) is 1. The summed E-state index contributed by atoms with van der Waals surface area (Å²) < 4.78 is 0. The molecule has 0 spiro atoms. The standard InChI is InChI=1S/C13H23N3O4/c1-9-5-6-10(12(14)19)8-16(9)13(20)15-7-3-2-4-11(17)18/h9-10H,2-8H2,1H3,(H2,14,19)(H,15,20)(H,17,18). The molecule has 20 heavy (non-hydrogen) atoms. The molecule has 1 saturated heterocycles. The second-order valence-electron chi connectivity index (χ2n) is 5.26. The predicted octanol–water partition coefficient (Wildman–Crippen LogP) is 0.537. The molecule has 0 saturated carbocycles. The summed E-state index contributed by atoms with van der Waals surface area (Å²) in [6, 6.07) is -0.122. The van der Waals surface area contributed by atoms with Crippen molar-refractivity contribution in [3.05, 3.63) is 0 Å². The van der Waals surface area contributed by atoms with E-state index >= 15 is 0 Å². The molecule has 7 nitrogen and oxygen atoms in total. The molecule has 1 heterocycles. The third-order valence-electron chi connectivity index (χ3n) is 3.64. The van der Waals surface area contributed by atoms with Crippen LogP contribution in [0.15, 0.2) is 0 Å². The number of hydrogen-bond donors (Lipinski definition) is 3. The minimum Gasteiger partial charge on any atom is -0.481 e. The molecule has 0 aromatic rings. The highest BCUT2D eigenvalue weighted by atomic mass is 16.4. The Kier molecular flexibility index (Phi) is 6.27. The number of aliphatic carboxylic acids is 1. The summed E-state index contributed by atoms with van der Waals surface area (Å²) in [7, 11) is 0. The summed E-state index contributed by atoms with van der Waals surface area (Å²) in [6.45, 7) is 2.75. The summed E-state index contributed by atoms with van der Waals surface area (Å²) in [5.74, 6) is -1.47. The van der Waals surface area contributed by atoms with Crippen LogP contribution in [-0.4, -0.2) is 47.0 Å². The molecular formula is C13H23N3O4. The molecule has 2 atom stereocenters. The highest BCUT2D eigenvalue weighted by molar-refractivity contribution is 5.79. The van der Waals surface area contributed by atoms with Crippen molar-refractivity contribution in [3.8, 4) is 0 Å². The van der Waals surface area contributed by atoms with Crippen LogP contribution in [0.1, 0.15) is 39.0 Å². The lowest BCUT2D eigenvalue weighted by Gasteiger charge is -2.36. The SMILES string of the molecule is CC1CCC(C(N)=O)CN1C(=O)NCCCCC(=O)O. The zero-order valence-electron chi connectivity index (χ0n) is 11.8. The molecule has 4 N–H and O–H groups in total. The lowest BCUT2D eigenvalue weighted by atomic mass is 9.93. The average molecular weight is 285 g/mol. The molecule has 3 amide bonds. The summed E-state index contributed by atoms with van der Waals surface area (Å²) in [5, 5.41) is 11.3. The van der Waals surface area contributed by atoms with Crippen molar-refractivity contribution in [1.29, 1.82) is 0 Å². The van der Waals surface area contributed by atoms with Crippen molar-refractivity contribution >= 4 is 17.9 Å². The number of nitrogens with two attached hydrogens (primary N) is 1. The monoisotopic (exact) mass is 285 g/mol. The lowest BCUT2D eigenvalue weighted by Crippen LogP contribution is -2.52. The van der Waals surface area contributed by atoms with E-state index in [1.54, 1.807) is 4.90 Å². The maximum absolute atomic E-state index is 12.0. The largest absolute Gasteiger partial charge is 0.481 e. The van der Waals surface area contributed by atoms with Crippen LogP contribution in [0, 0.1) is 5.92 Å². The van der Waals surface area contributed by atoms with Crippen LogP contribution < -0.4 is 11.1 Å². The van der Waals surface area contributed by atoms with Gasteiger partial charge < -0.3 is 21.1 Å². The van der Waals surface area contributed by atoms with Gasteiger partial charge in [-0.3, -0.25) is 9.59 Å². The first kappa shape index (κ1) is 16.3. The smallest absolute Gasteiger partial charge is 0.317 e. The molecule has 0 aliphatic carbocycles. The number of likely N-dealkylation sites (tertiary alicyclic amines) is 1. The fourth-order valence-corrected chi connectivity index (χ4v) is 2.32. The Hall–Kier alpha value is -1.79. The van der Waals surface area contributed by atoms with Crippen molar-refractivity contribution in [2.75, 3.05) is 13.1 Å². The Morgan fingerprint density at radius 1 is 1.30 bits per heavy atom. The van der Waals surface area contributed by atoms with Gasteiger partial charge in [0, 0.05) is 25.6 Å². The van der Waals surface area contributed by atoms with E-state index in [4.69, 9.17) is 10.8 Å². The van der Waals surface area contributed by atoms with Crippen LogP contribution >= 0.6 is 0 Å². The number of carboxylic acids is 1. The van der Waals surface area contributed by atoms with Gasteiger partial charge in [0.15, 0.2) is 0 Å². The second kappa shape index (κ2) is 7.72. The Labute approximate surface area is 118 Å². The van der Waals surface area contributed by atoms with Crippen molar-refractivity contribution in [1.82, 2.24) is 10.2 Å². The Morgan fingerprint density at radius 2 is 2.00 bits per heavy atom. The van der Waals surface area contributed by atoms with Gasteiger partial charge in [0.25, 0.3) is 0 Å². The number of piperidine rings is 1. The van der Waals surface area contributed by atoms with E-state index < -0.39 is 5.97 Å². The van der Waals surface area contributed by atoms with Crippen LogP contribution in [0.25, 0.3) is 0 Å². The maximum atomic E-state index is 12.0. The summed E-state index contributed by atoms with van der Waals surface area (Å²) in [5.41, 5.74) is 5.29. The normalized spacial score (nSPS) is 22.4. The first-order valence-corrected chi connectivity index (χ1v) is 6.97. The number of carbonyl (C=O) groups excluding carboxylic acids is 2. The van der Waals surface area contributed by atoms with Gasteiger partial charge in [0.05, 0.1) is 5.92 Å². The van der Waals surface area contributed by atoms with Crippen LogP contribution in [0.2, 0.25) is 0 Å².